The maximum Gasteiger partial charge on any atom is 0.426 e. The maximum atomic E-state index is 13.2. The molecule has 1 fully saturated rings. The molecule has 1 aliphatic heterocycles. The normalized spacial score (nSPS) is 15.1. The highest BCUT2D eigenvalue weighted by atomic mass is 28.3. The van der Waals surface area contributed by atoms with Crippen LogP contribution in [0.25, 0.3) is 0 Å². The largest absolute Gasteiger partial charge is 0.443 e. The van der Waals surface area contributed by atoms with Crippen LogP contribution in [0, 0.1) is 11.6 Å². The molecule has 1 aromatic rings. The lowest BCUT2D eigenvalue weighted by atomic mass is 10.2. The average Bonchev–Trinajstić information content (AvgIpc) is 2.70. The van der Waals surface area contributed by atoms with Crippen molar-refractivity contribution in [2.45, 2.75) is 84.5 Å². The third-order valence-electron chi connectivity index (χ3n) is 6.31. The Bertz CT molecular complexity index is 788. The van der Waals surface area contributed by atoms with Crippen LogP contribution in [0.1, 0.15) is 62.3 Å². The fraction of sp³-hybridized carbons (Fsp3) is 0.654. The van der Waals surface area contributed by atoms with Gasteiger partial charge in [0.15, 0.2) is 0 Å². The van der Waals surface area contributed by atoms with Crippen molar-refractivity contribution in [1.82, 2.24) is 0 Å². The molecule has 1 aromatic carbocycles. The highest BCUT2D eigenvalue weighted by molar-refractivity contribution is 6.90. The molecule has 6 heteroatoms. The van der Waals surface area contributed by atoms with Crippen LogP contribution in [-0.2, 0) is 9.47 Å². The number of carbonyl (C=O) groups is 1. The number of hydrogen-bond donors (Lipinski definition) is 0. The molecular weight excluding hydrogens is 416 g/mol. The molecule has 178 valence electrons. The lowest BCUT2D eigenvalue weighted by Crippen LogP contribution is -2.44. The van der Waals surface area contributed by atoms with Gasteiger partial charge in [-0.2, -0.15) is 0 Å². The summed E-state index contributed by atoms with van der Waals surface area (Å²) < 4.78 is 11.2. The van der Waals surface area contributed by atoms with Gasteiger partial charge < -0.3 is 14.4 Å². The van der Waals surface area contributed by atoms with Crippen LogP contribution in [-0.4, -0.2) is 46.1 Å². The van der Waals surface area contributed by atoms with E-state index in [0.717, 1.165) is 37.7 Å². The summed E-state index contributed by atoms with van der Waals surface area (Å²) in [5, 5.41) is 0. The van der Waals surface area contributed by atoms with E-state index in [1.807, 2.05) is 32.9 Å². The molecule has 2 rings (SSSR count). The SMILES string of the molecule is CC(C)[Si](C#CN(C(=O)OC(C)(C)C)c1ccc(N2CCOCC2)cc1)(C(C)C)C(C)C. The third kappa shape index (κ3) is 6.30. The first kappa shape index (κ1) is 26.3. The van der Waals surface area contributed by atoms with Crippen LogP contribution in [0.4, 0.5) is 16.2 Å². The number of ether oxygens (including phenoxy) is 2. The molecule has 1 heterocycles. The minimum atomic E-state index is -2.00. The van der Waals surface area contributed by atoms with Crippen molar-refractivity contribution in [3.05, 3.63) is 24.3 Å². The van der Waals surface area contributed by atoms with Crippen LogP contribution in [0.5, 0.6) is 0 Å². The van der Waals surface area contributed by atoms with Gasteiger partial charge in [-0.3, -0.25) is 0 Å². The van der Waals surface area contributed by atoms with E-state index in [2.05, 4.69) is 70.2 Å². The summed E-state index contributed by atoms with van der Waals surface area (Å²) >= 11 is 0. The smallest absolute Gasteiger partial charge is 0.426 e. The van der Waals surface area contributed by atoms with E-state index < -0.39 is 19.8 Å². The second kappa shape index (κ2) is 10.8. The lowest BCUT2D eigenvalue weighted by molar-refractivity contribution is 0.0600. The number of benzene rings is 1. The van der Waals surface area contributed by atoms with Gasteiger partial charge in [0.25, 0.3) is 0 Å². The van der Waals surface area contributed by atoms with E-state index in [1.54, 1.807) is 0 Å². The highest BCUT2D eigenvalue weighted by Gasteiger charge is 2.42. The maximum absolute atomic E-state index is 13.2. The van der Waals surface area contributed by atoms with Gasteiger partial charge in [-0.15, -0.1) is 5.54 Å². The van der Waals surface area contributed by atoms with E-state index in [0.29, 0.717) is 16.6 Å². The first-order chi connectivity index (χ1) is 14.9. The monoisotopic (exact) mass is 458 g/mol. The van der Waals surface area contributed by atoms with Crippen LogP contribution in [0.15, 0.2) is 24.3 Å². The predicted molar refractivity (Wildman–Crippen MR) is 137 cm³/mol. The Morgan fingerprint density at radius 1 is 1.00 bits per heavy atom. The number of hydrogen-bond acceptors (Lipinski definition) is 4. The fourth-order valence-corrected chi connectivity index (χ4v) is 9.91. The molecule has 32 heavy (non-hydrogen) atoms. The quantitative estimate of drug-likeness (QED) is 0.289. The van der Waals surface area contributed by atoms with E-state index in [4.69, 9.17) is 9.47 Å². The summed E-state index contributed by atoms with van der Waals surface area (Å²) in [5.74, 6) is 0. The lowest BCUT2D eigenvalue weighted by Gasteiger charge is -2.38. The zero-order valence-electron chi connectivity index (χ0n) is 21.5. The van der Waals surface area contributed by atoms with Crippen molar-refractivity contribution < 1.29 is 14.3 Å². The zero-order chi connectivity index (χ0) is 24.1. The molecule has 0 bridgehead atoms. The molecular formula is C26H42N2O3Si. The fourth-order valence-electron chi connectivity index (χ4n) is 4.74. The van der Waals surface area contributed by atoms with Gasteiger partial charge in [0.2, 0.25) is 0 Å². The topological polar surface area (TPSA) is 42.0 Å². The van der Waals surface area contributed by atoms with E-state index >= 15 is 0 Å². The summed E-state index contributed by atoms with van der Waals surface area (Å²) in [6.07, 6.45) is -0.428. The van der Waals surface area contributed by atoms with E-state index in [-0.39, 0.29) is 0 Å². The summed E-state index contributed by atoms with van der Waals surface area (Å²) in [6.45, 7) is 22.5. The minimum Gasteiger partial charge on any atom is -0.443 e. The Morgan fingerprint density at radius 3 is 1.94 bits per heavy atom. The van der Waals surface area contributed by atoms with Crippen molar-refractivity contribution >= 4 is 25.5 Å². The Hall–Kier alpha value is -1.97. The molecule has 5 nitrogen and oxygen atoms in total. The van der Waals surface area contributed by atoms with Gasteiger partial charge >= 0.3 is 6.09 Å². The van der Waals surface area contributed by atoms with Crippen molar-refractivity contribution in [3.8, 4) is 11.6 Å². The van der Waals surface area contributed by atoms with E-state index in [1.165, 1.54) is 4.90 Å². The third-order valence-corrected chi connectivity index (χ3v) is 12.6. The Labute approximate surface area is 196 Å². The van der Waals surface area contributed by atoms with E-state index in [9.17, 15) is 4.79 Å². The minimum absolute atomic E-state index is 0.428. The highest BCUT2D eigenvalue weighted by Crippen LogP contribution is 2.40. The van der Waals surface area contributed by atoms with Crippen LogP contribution in [0.2, 0.25) is 16.6 Å². The van der Waals surface area contributed by atoms with Gasteiger partial charge in [0.05, 0.1) is 18.9 Å². The van der Waals surface area contributed by atoms with Crippen LogP contribution >= 0.6 is 0 Å². The average molecular weight is 459 g/mol. The number of morpholine rings is 1. The molecule has 0 aromatic heterocycles. The molecule has 0 N–H and O–H groups in total. The molecule has 0 unspecified atom stereocenters. The van der Waals surface area contributed by atoms with Gasteiger partial charge in [-0.25, -0.2) is 9.69 Å². The first-order valence-corrected chi connectivity index (χ1v) is 14.1. The number of amides is 1. The van der Waals surface area contributed by atoms with Gasteiger partial charge in [0, 0.05) is 24.8 Å². The standard InChI is InChI=1S/C26H42N2O3Si/c1-20(2)32(21(3)4,22(5)6)19-16-28(25(29)31-26(7,8)9)24-12-10-23(11-13-24)27-14-17-30-18-15-27/h10-13,20-22H,14-15,17-18H2,1-9H3. The Kier molecular flexibility index (Phi) is 8.84. The summed E-state index contributed by atoms with van der Waals surface area (Å²) in [5.41, 5.74) is 6.40. The van der Waals surface area contributed by atoms with Gasteiger partial charge in [-0.1, -0.05) is 41.5 Å². The summed E-state index contributed by atoms with van der Waals surface area (Å²) in [7, 11) is -2.00. The Morgan fingerprint density at radius 2 is 1.50 bits per heavy atom. The van der Waals surface area contributed by atoms with Gasteiger partial charge in [0.1, 0.15) is 13.7 Å². The first-order valence-electron chi connectivity index (χ1n) is 11.9. The summed E-state index contributed by atoms with van der Waals surface area (Å²) in [4.78, 5) is 17.0. The predicted octanol–water partition coefficient (Wildman–Crippen LogP) is 6.44. The number of nitrogens with zero attached hydrogens (tertiary/aromatic N) is 2. The van der Waals surface area contributed by atoms with Crippen molar-refractivity contribution in [2.75, 3.05) is 36.1 Å². The van der Waals surface area contributed by atoms with Crippen molar-refractivity contribution in [3.63, 3.8) is 0 Å². The number of carbonyl (C=O) groups excluding carboxylic acids is 1. The van der Waals surface area contributed by atoms with Crippen molar-refractivity contribution in [1.29, 1.82) is 0 Å². The van der Waals surface area contributed by atoms with Gasteiger partial charge in [-0.05, 0) is 61.7 Å². The molecule has 0 saturated carbocycles. The molecule has 0 atom stereocenters. The molecule has 1 saturated heterocycles. The molecule has 1 amide bonds. The second-order valence-electron chi connectivity index (χ2n) is 10.6. The van der Waals surface area contributed by atoms with Crippen molar-refractivity contribution in [2.24, 2.45) is 0 Å². The molecule has 1 aliphatic rings. The number of anilines is 2. The zero-order valence-corrected chi connectivity index (χ0v) is 22.5. The van der Waals surface area contributed by atoms with Crippen LogP contribution in [0.3, 0.4) is 0 Å². The Balaban J connectivity index is 2.45. The van der Waals surface area contributed by atoms with Crippen LogP contribution < -0.4 is 9.80 Å². The molecule has 0 spiro atoms. The second-order valence-corrected chi connectivity index (χ2v) is 16.1. The molecule has 0 radical (unpaired) electrons. The molecule has 0 aliphatic carbocycles. The summed E-state index contributed by atoms with van der Waals surface area (Å²) in [6, 6.07) is 11.3. The number of rotatable bonds is 5.